The average molecular weight is 190 g/mol. The topological polar surface area (TPSA) is 39.2 Å². The minimum Gasteiger partial charge on any atom is -0.465 e. The molecule has 0 aliphatic heterocycles. The number of halogens is 2. The zero-order valence-corrected chi connectivity index (χ0v) is 6.93. The summed E-state index contributed by atoms with van der Waals surface area (Å²) in [5, 5.41) is -0.315. The highest BCUT2D eigenvalue weighted by Gasteiger charge is 2.13. The summed E-state index contributed by atoms with van der Waals surface area (Å²) in [7, 11) is 1.19. The molecule has 0 spiro atoms. The number of carbonyl (C=O) groups excluding carboxylic acids is 1. The van der Waals surface area contributed by atoms with Crippen molar-refractivity contribution in [3.05, 3.63) is 28.8 Å². The lowest BCUT2D eigenvalue weighted by molar-refractivity contribution is 0.0600. The van der Waals surface area contributed by atoms with Crippen molar-refractivity contribution in [2.24, 2.45) is 0 Å². The maximum atomic E-state index is 12.6. The Kier molecular flexibility index (Phi) is 2.60. The Morgan fingerprint density at radius 1 is 1.75 bits per heavy atom. The molecule has 1 rings (SSSR count). The van der Waals surface area contributed by atoms with Crippen LogP contribution in [-0.2, 0) is 4.74 Å². The van der Waals surface area contributed by atoms with E-state index in [0.29, 0.717) is 0 Å². The van der Waals surface area contributed by atoms with Crippen molar-refractivity contribution in [2.45, 2.75) is 0 Å². The summed E-state index contributed by atoms with van der Waals surface area (Å²) in [5.41, 5.74) is -0.0216. The van der Waals surface area contributed by atoms with Crippen LogP contribution in [0.3, 0.4) is 0 Å². The lowest BCUT2D eigenvalue weighted by Crippen LogP contribution is -2.03. The van der Waals surface area contributed by atoms with Gasteiger partial charge in [-0.05, 0) is 6.07 Å². The third-order valence-electron chi connectivity index (χ3n) is 1.25. The molecular weight excluding hydrogens is 185 g/mol. The monoisotopic (exact) mass is 189 g/mol. The number of hydrogen-bond acceptors (Lipinski definition) is 3. The van der Waals surface area contributed by atoms with Gasteiger partial charge in [-0.15, -0.1) is 0 Å². The zero-order chi connectivity index (χ0) is 9.14. The molecule has 0 amide bonds. The molecule has 0 aliphatic carbocycles. The van der Waals surface area contributed by atoms with E-state index in [1.165, 1.54) is 13.2 Å². The summed E-state index contributed by atoms with van der Waals surface area (Å²) < 4.78 is 17.0. The SMILES string of the molecule is COC(=O)c1ccnc(F)c1Cl. The number of rotatable bonds is 1. The van der Waals surface area contributed by atoms with Gasteiger partial charge in [0.15, 0.2) is 0 Å². The Balaban J connectivity index is 3.16. The highest BCUT2D eigenvalue weighted by Crippen LogP contribution is 2.17. The number of nitrogens with zero attached hydrogens (tertiary/aromatic N) is 1. The third-order valence-corrected chi connectivity index (χ3v) is 1.61. The quantitative estimate of drug-likeness (QED) is 0.498. The van der Waals surface area contributed by atoms with Crippen molar-refractivity contribution in [1.82, 2.24) is 4.98 Å². The first-order chi connectivity index (χ1) is 5.66. The molecule has 12 heavy (non-hydrogen) atoms. The Hall–Kier alpha value is -1.16. The van der Waals surface area contributed by atoms with E-state index in [1.807, 2.05) is 0 Å². The van der Waals surface area contributed by atoms with Crippen LogP contribution in [0.2, 0.25) is 5.02 Å². The van der Waals surface area contributed by atoms with Crippen LogP contribution < -0.4 is 0 Å². The van der Waals surface area contributed by atoms with Gasteiger partial charge in [-0.25, -0.2) is 9.78 Å². The molecule has 0 saturated carbocycles. The Morgan fingerprint density at radius 3 is 3.00 bits per heavy atom. The number of esters is 1. The second-order valence-corrected chi connectivity index (χ2v) is 2.33. The van der Waals surface area contributed by atoms with Crippen molar-refractivity contribution in [2.75, 3.05) is 7.11 Å². The first-order valence-electron chi connectivity index (χ1n) is 3.05. The van der Waals surface area contributed by atoms with E-state index in [2.05, 4.69) is 9.72 Å². The molecule has 0 unspecified atom stereocenters. The van der Waals surface area contributed by atoms with Gasteiger partial charge in [0, 0.05) is 6.20 Å². The fourth-order valence-electron chi connectivity index (χ4n) is 0.686. The van der Waals surface area contributed by atoms with Gasteiger partial charge in [0.05, 0.1) is 12.7 Å². The van der Waals surface area contributed by atoms with E-state index in [-0.39, 0.29) is 10.6 Å². The molecule has 0 aromatic carbocycles. The maximum Gasteiger partial charge on any atom is 0.339 e. The Labute approximate surface area is 73.1 Å². The number of methoxy groups -OCH3 is 1. The first-order valence-corrected chi connectivity index (χ1v) is 3.43. The van der Waals surface area contributed by atoms with Gasteiger partial charge in [0.2, 0.25) is 5.95 Å². The number of hydrogen-bond donors (Lipinski definition) is 0. The van der Waals surface area contributed by atoms with Crippen LogP contribution in [0.15, 0.2) is 12.3 Å². The second kappa shape index (κ2) is 3.49. The molecule has 0 saturated heterocycles. The van der Waals surface area contributed by atoms with Gasteiger partial charge in [0.25, 0.3) is 0 Å². The minimum atomic E-state index is -0.875. The molecule has 0 radical (unpaired) electrons. The van der Waals surface area contributed by atoms with E-state index in [0.717, 1.165) is 6.20 Å². The molecule has 1 aromatic heterocycles. The fraction of sp³-hybridized carbons (Fsp3) is 0.143. The Bertz CT molecular complexity index is 316. The molecule has 1 heterocycles. The summed E-state index contributed by atoms with van der Waals surface area (Å²) in [6.45, 7) is 0. The molecule has 3 nitrogen and oxygen atoms in total. The highest BCUT2D eigenvalue weighted by atomic mass is 35.5. The zero-order valence-electron chi connectivity index (χ0n) is 6.17. The molecule has 64 valence electrons. The summed E-state index contributed by atoms with van der Waals surface area (Å²) >= 11 is 5.43. The molecular formula is C7H5ClFNO2. The lowest BCUT2D eigenvalue weighted by Gasteiger charge is -2.00. The largest absolute Gasteiger partial charge is 0.465 e. The van der Waals surface area contributed by atoms with Crippen LogP contribution in [0.25, 0.3) is 0 Å². The molecule has 0 aliphatic rings. The van der Waals surface area contributed by atoms with E-state index < -0.39 is 11.9 Å². The number of ether oxygens (including phenoxy) is 1. The predicted molar refractivity (Wildman–Crippen MR) is 40.5 cm³/mol. The predicted octanol–water partition coefficient (Wildman–Crippen LogP) is 1.66. The van der Waals surface area contributed by atoms with Crippen LogP contribution in [0.1, 0.15) is 10.4 Å². The first kappa shape index (κ1) is 8.93. The summed E-state index contributed by atoms with van der Waals surface area (Å²) in [6, 6.07) is 1.29. The lowest BCUT2D eigenvalue weighted by atomic mass is 10.3. The summed E-state index contributed by atoms with van der Waals surface area (Å²) in [4.78, 5) is 14.1. The molecule has 0 atom stereocenters. The number of carbonyl (C=O) groups is 1. The van der Waals surface area contributed by atoms with Crippen LogP contribution in [0.5, 0.6) is 0 Å². The minimum absolute atomic E-state index is 0.0216. The van der Waals surface area contributed by atoms with Crippen LogP contribution in [0.4, 0.5) is 4.39 Å². The third kappa shape index (κ3) is 1.53. The van der Waals surface area contributed by atoms with Crippen molar-refractivity contribution < 1.29 is 13.9 Å². The number of pyridine rings is 1. The highest BCUT2D eigenvalue weighted by molar-refractivity contribution is 6.33. The normalized spacial score (nSPS) is 9.58. The number of aromatic nitrogens is 1. The van der Waals surface area contributed by atoms with Gasteiger partial charge in [0.1, 0.15) is 5.02 Å². The van der Waals surface area contributed by atoms with E-state index >= 15 is 0 Å². The van der Waals surface area contributed by atoms with E-state index in [1.54, 1.807) is 0 Å². The molecule has 0 N–H and O–H groups in total. The van der Waals surface area contributed by atoms with Crippen molar-refractivity contribution >= 4 is 17.6 Å². The van der Waals surface area contributed by atoms with Crippen LogP contribution in [0, 0.1) is 5.95 Å². The Morgan fingerprint density at radius 2 is 2.42 bits per heavy atom. The van der Waals surface area contributed by atoms with Gasteiger partial charge in [-0.1, -0.05) is 11.6 Å². The van der Waals surface area contributed by atoms with E-state index in [4.69, 9.17) is 11.6 Å². The second-order valence-electron chi connectivity index (χ2n) is 1.95. The fourth-order valence-corrected chi connectivity index (χ4v) is 0.875. The van der Waals surface area contributed by atoms with Gasteiger partial charge < -0.3 is 4.74 Å². The van der Waals surface area contributed by atoms with Crippen molar-refractivity contribution in [1.29, 1.82) is 0 Å². The molecule has 1 aromatic rings. The standard InChI is InChI=1S/C7H5ClFNO2/c1-12-7(11)4-2-3-10-6(9)5(4)8/h2-3H,1H3. The van der Waals surface area contributed by atoms with Gasteiger partial charge in [-0.2, -0.15) is 4.39 Å². The molecule has 0 fully saturated rings. The van der Waals surface area contributed by atoms with Crippen LogP contribution >= 0.6 is 11.6 Å². The van der Waals surface area contributed by atoms with Crippen LogP contribution in [-0.4, -0.2) is 18.1 Å². The summed E-state index contributed by atoms with van der Waals surface area (Å²) in [5.74, 6) is -1.55. The maximum absolute atomic E-state index is 12.6. The molecule has 5 heteroatoms. The van der Waals surface area contributed by atoms with Crippen molar-refractivity contribution in [3.63, 3.8) is 0 Å². The van der Waals surface area contributed by atoms with E-state index in [9.17, 15) is 9.18 Å². The van der Waals surface area contributed by atoms with Crippen molar-refractivity contribution in [3.8, 4) is 0 Å². The average Bonchev–Trinajstić information content (AvgIpc) is 2.08. The van der Waals surface area contributed by atoms with Gasteiger partial charge >= 0.3 is 5.97 Å². The molecule has 0 bridgehead atoms. The summed E-state index contributed by atoms with van der Waals surface area (Å²) in [6.07, 6.45) is 1.15. The smallest absolute Gasteiger partial charge is 0.339 e. The van der Waals surface area contributed by atoms with Gasteiger partial charge in [-0.3, -0.25) is 0 Å².